The normalized spacial score (nSPS) is 24.6. The average Bonchev–Trinajstić information content (AvgIpc) is 3.12. The molecule has 7 heteroatoms. The molecule has 3 rings (SSSR count). The summed E-state index contributed by atoms with van der Waals surface area (Å²) in [5, 5.41) is 3.73. The molecular weight excluding hydrogens is 282 g/mol. The van der Waals surface area contributed by atoms with Crippen LogP contribution >= 0.6 is 11.6 Å². The van der Waals surface area contributed by atoms with Gasteiger partial charge in [-0.2, -0.15) is 0 Å². The second kappa shape index (κ2) is 4.79. The van der Waals surface area contributed by atoms with Crippen LogP contribution in [0.5, 0.6) is 0 Å². The predicted octanol–water partition coefficient (Wildman–Crippen LogP) is 1.03. The SMILES string of the molecule is O=C1CN(NC(=O)[C@@H]2C[C@@H]2c2ccccc2Cl)C(=O)N1. The first kappa shape index (κ1) is 12.9. The number of halogens is 1. The second-order valence-corrected chi connectivity index (χ2v) is 5.29. The molecule has 2 atom stereocenters. The Labute approximate surface area is 120 Å². The van der Waals surface area contributed by atoms with Gasteiger partial charge in [0.15, 0.2) is 0 Å². The monoisotopic (exact) mass is 293 g/mol. The van der Waals surface area contributed by atoms with E-state index < -0.39 is 11.9 Å². The number of rotatable bonds is 3. The predicted molar refractivity (Wildman–Crippen MR) is 70.7 cm³/mol. The molecule has 0 bridgehead atoms. The summed E-state index contributed by atoms with van der Waals surface area (Å²) in [6.07, 6.45) is 0.693. The minimum Gasteiger partial charge on any atom is -0.275 e. The Kier molecular flexibility index (Phi) is 3.10. The van der Waals surface area contributed by atoms with Gasteiger partial charge in [0.1, 0.15) is 6.54 Å². The van der Waals surface area contributed by atoms with E-state index in [2.05, 4.69) is 10.7 Å². The molecule has 1 aliphatic carbocycles. The molecule has 1 heterocycles. The van der Waals surface area contributed by atoms with Crippen molar-refractivity contribution in [3.63, 3.8) is 0 Å². The van der Waals surface area contributed by atoms with Gasteiger partial charge in [0.2, 0.25) is 11.8 Å². The molecule has 0 radical (unpaired) electrons. The van der Waals surface area contributed by atoms with Crippen molar-refractivity contribution in [2.75, 3.05) is 6.54 Å². The van der Waals surface area contributed by atoms with Crippen molar-refractivity contribution in [1.82, 2.24) is 15.8 Å². The summed E-state index contributed by atoms with van der Waals surface area (Å²) >= 11 is 6.09. The molecule has 1 aromatic rings. The van der Waals surface area contributed by atoms with Gasteiger partial charge in [-0.1, -0.05) is 29.8 Å². The zero-order chi connectivity index (χ0) is 14.3. The standard InChI is InChI=1S/C13H12ClN3O3/c14-10-4-2-1-3-7(10)8-5-9(8)12(19)16-17-6-11(18)15-13(17)20/h1-4,8-9H,5-6H2,(H,16,19)(H,15,18,20)/t8-,9-/m1/s1. The molecule has 6 nitrogen and oxygen atoms in total. The first-order valence-electron chi connectivity index (χ1n) is 6.22. The number of nitrogens with one attached hydrogen (secondary N) is 2. The lowest BCUT2D eigenvalue weighted by Crippen LogP contribution is -2.45. The van der Waals surface area contributed by atoms with Crippen LogP contribution in [0.25, 0.3) is 0 Å². The minimum atomic E-state index is -0.599. The molecule has 2 fully saturated rings. The van der Waals surface area contributed by atoms with Crippen LogP contribution in [0.3, 0.4) is 0 Å². The van der Waals surface area contributed by atoms with Crippen LogP contribution in [0.4, 0.5) is 4.79 Å². The van der Waals surface area contributed by atoms with E-state index in [0.717, 1.165) is 10.6 Å². The fourth-order valence-electron chi connectivity index (χ4n) is 2.35. The molecule has 1 saturated heterocycles. The molecule has 1 aliphatic heterocycles. The number of hydrogen-bond donors (Lipinski definition) is 2. The number of hydrogen-bond acceptors (Lipinski definition) is 3. The van der Waals surface area contributed by atoms with Crippen LogP contribution in [-0.2, 0) is 9.59 Å². The summed E-state index contributed by atoms with van der Waals surface area (Å²) in [5.41, 5.74) is 3.40. The van der Waals surface area contributed by atoms with E-state index >= 15 is 0 Å². The molecule has 2 N–H and O–H groups in total. The summed E-state index contributed by atoms with van der Waals surface area (Å²) in [7, 11) is 0. The molecule has 1 saturated carbocycles. The summed E-state index contributed by atoms with van der Waals surface area (Å²) in [6.45, 7) is -0.145. The fraction of sp³-hybridized carbons (Fsp3) is 0.308. The first-order valence-corrected chi connectivity index (χ1v) is 6.60. The maximum atomic E-state index is 12.0. The summed E-state index contributed by atoms with van der Waals surface area (Å²) in [5.74, 6) is -0.822. The van der Waals surface area contributed by atoms with Crippen molar-refractivity contribution in [3.05, 3.63) is 34.9 Å². The van der Waals surface area contributed by atoms with E-state index in [0.29, 0.717) is 11.4 Å². The van der Waals surface area contributed by atoms with Crippen LogP contribution in [-0.4, -0.2) is 29.4 Å². The minimum absolute atomic E-state index is 0.0741. The summed E-state index contributed by atoms with van der Waals surface area (Å²) in [6, 6.07) is 6.80. The number of hydrazine groups is 1. The van der Waals surface area contributed by atoms with E-state index in [1.807, 2.05) is 18.2 Å². The van der Waals surface area contributed by atoms with Crippen molar-refractivity contribution in [2.45, 2.75) is 12.3 Å². The molecule has 104 valence electrons. The lowest BCUT2D eigenvalue weighted by atomic mass is 10.1. The number of carbonyl (C=O) groups excluding carboxylic acids is 3. The summed E-state index contributed by atoms with van der Waals surface area (Å²) in [4.78, 5) is 34.4. The van der Waals surface area contributed by atoms with Crippen LogP contribution < -0.4 is 10.7 Å². The highest BCUT2D eigenvalue weighted by Gasteiger charge is 2.46. The Morgan fingerprint density at radius 3 is 2.75 bits per heavy atom. The Bertz CT molecular complexity index is 604. The van der Waals surface area contributed by atoms with Gasteiger partial charge in [0.05, 0.1) is 0 Å². The molecule has 2 aliphatic rings. The Hall–Kier alpha value is -2.08. The third-order valence-corrected chi connectivity index (χ3v) is 3.81. The van der Waals surface area contributed by atoms with Gasteiger partial charge in [-0.15, -0.1) is 0 Å². The van der Waals surface area contributed by atoms with Crippen molar-refractivity contribution in [2.24, 2.45) is 5.92 Å². The van der Waals surface area contributed by atoms with E-state index in [1.54, 1.807) is 6.07 Å². The van der Waals surface area contributed by atoms with Crippen molar-refractivity contribution >= 4 is 29.4 Å². The van der Waals surface area contributed by atoms with Crippen molar-refractivity contribution < 1.29 is 14.4 Å². The molecule has 1 aromatic carbocycles. The highest BCUT2D eigenvalue weighted by molar-refractivity contribution is 6.31. The molecule has 0 unspecified atom stereocenters. The van der Waals surface area contributed by atoms with Crippen molar-refractivity contribution in [1.29, 1.82) is 0 Å². The fourth-order valence-corrected chi connectivity index (χ4v) is 2.63. The van der Waals surface area contributed by atoms with E-state index in [-0.39, 0.29) is 24.3 Å². The van der Waals surface area contributed by atoms with Crippen molar-refractivity contribution in [3.8, 4) is 0 Å². The van der Waals surface area contributed by atoms with Gasteiger partial charge < -0.3 is 0 Å². The number of urea groups is 1. The third-order valence-electron chi connectivity index (χ3n) is 3.47. The lowest BCUT2D eigenvalue weighted by Gasteiger charge is -2.14. The molecular formula is C13H12ClN3O3. The quantitative estimate of drug-likeness (QED) is 0.817. The van der Waals surface area contributed by atoms with E-state index in [1.165, 1.54) is 0 Å². The van der Waals surface area contributed by atoms with Gasteiger partial charge in [-0.05, 0) is 24.0 Å². The number of carbonyl (C=O) groups is 3. The number of nitrogens with zero attached hydrogens (tertiary/aromatic N) is 1. The Balaban J connectivity index is 1.62. The average molecular weight is 294 g/mol. The highest BCUT2D eigenvalue weighted by atomic mass is 35.5. The van der Waals surface area contributed by atoms with Gasteiger partial charge in [0.25, 0.3) is 0 Å². The van der Waals surface area contributed by atoms with Crippen LogP contribution in [0.1, 0.15) is 17.9 Å². The van der Waals surface area contributed by atoms with Crippen LogP contribution in [0.2, 0.25) is 5.02 Å². The van der Waals surface area contributed by atoms with Gasteiger partial charge in [0, 0.05) is 10.9 Å². The molecule has 20 heavy (non-hydrogen) atoms. The lowest BCUT2D eigenvalue weighted by molar-refractivity contribution is -0.126. The number of amides is 4. The van der Waals surface area contributed by atoms with Gasteiger partial charge in [-0.3, -0.25) is 20.3 Å². The van der Waals surface area contributed by atoms with Crippen LogP contribution in [0, 0.1) is 5.92 Å². The molecule has 0 spiro atoms. The zero-order valence-corrected chi connectivity index (χ0v) is 11.2. The zero-order valence-electron chi connectivity index (χ0n) is 10.4. The maximum absolute atomic E-state index is 12.0. The Morgan fingerprint density at radius 2 is 2.10 bits per heavy atom. The topological polar surface area (TPSA) is 78.5 Å². The van der Waals surface area contributed by atoms with Gasteiger partial charge in [-0.25, -0.2) is 9.80 Å². The third kappa shape index (κ3) is 2.34. The molecule has 4 amide bonds. The van der Waals surface area contributed by atoms with Crippen LogP contribution in [0.15, 0.2) is 24.3 Å². The second-order valence-electron chi connectivity index (χ2n) is 4.89. The maximum Gasteiger partial charge on any atom is 0.343 e. The largest absolute Gasteiger partial charge is 0.343 e. The smallest absolute Gasteiger partial charge is 0.275 e. The molecule has 0 aromatic heterocycles. The number of imide groups is 1. The van der Waals surface area contributed by atoms with E-state index in [9.17, 15) is 14.4 Å². The van der Waals surface area contributed by atoms with E-state index in [4.69, 9.17) is 11.6 Å². The highest BCUT2D eigenvalue weighted by Crippen LogP contribution is 2.49. The number of benzene rings is 1. The Morgan fingerprint density at radius 1 is 1.35 bits per heavy atom. The van der Waals surface area contributed by atoms with Gasteiger partial charge >= 0.3 is 6.03 Å². The summed E-state index contributed by atoms with van der Waals surface area (Å²) < 4.78 is 0. The first-order chi connectivity index (χ1) is 9.56.